The summed E-state index contributed by atoms with van der Waals surface area (Å²) in [4.78, 5) is 16.6. The number of rotatable bonds is 3. The van der Waals surface area contributed by atoms with Crippen molar-refractivity contribution in [3.05, 3.63) is 48.8 Å². The van der Waals surface area contributed by atoms with Gasteiger partial charge < -0.3 is 9.80 Å². The predicted molar refractivity (Wildman–Crippen MR) is 97.9 cm³/mol. The van der Waals surface area contributed by atoms with E-state index in [-0.39, 0.29) is 0 Å². The van der Waals surface area contributed by atoms with Crippen LogP contribution in [-0.2, 0) is 13.2 Å². The van der Waals surface area contributed by atoms with Crippen molar-refractivity contribution >= 4 is 11.5 Å². The third kappa shape index (κ3) is 3.75. The second kappa shape index (κ2) is 7.10. The molecule has 0 spiro atoms. The van der Waals surface area contributed by atoms with Gasteiger partial charge >= 0.3 is 6.18 Å². The molecule has 0 unspecified atom stereocenters. The molecule has 1 saturated heterocycles. The summed E-state index contributed by atoms with van der Waals surface area (Å²) in [5.74, 6) is 0.770. The molecule has 0 atom stereocenters. The van der Waals surface area contributed by atoms with Gasteiger partial charge in [0.2, 0.25) is 0 Å². The number of pyridine rings is 1. The second-order valence-corrected chi connectivity index (χ2v) is 6.54. The van der Waals surface area contributed by atoms with E-state index in [2.05, 4.69) is 25.0 Å². The number of aryl methyl sites for hydroxylation is 1. The normalized spacial score (nSPS) is 15.1. The van der Waals surface area contributed by atoms with Crippen LogP contribution in [0.15, 0.2) is 43.1 Å². The van der Waals surface area contributed by atoms with Gasteiger partial charge in [-0.3, -0.25) is 9.67 Å². The van der Waals surface area contributed by atoms with Gasteiger partial charge in [-0.15, -0.1) is 0 Å². The van der Waals surface area contributed by atoms with E-state index in [1.165, 1.54) is 12.3 Å². The zero-order chi connectivity index (χ0) is 19.7. The summed E-state index contributed by atoms with van der Waals surface area (Å²) >= 11 is 0. The van der Waals surface area contributed by atoms with Crippen LogP contribution in [0.2, 0.25) is 0 Å². The third-order valence-corrected chi connectivity index (χ3v) is 4.63. The van der Waals surface area contributed by atoms with Gasteiger partial charge in [-0.05, 0) is 12.1 Å². The highest BCUT2D eigenvalue weighted by atomic mass is 19.4. The highest BCUT2D eigenvalue weighted by molar-refractivity contribution is 5.58. The number of hydrogen-bond acceptors (Lipinski definition) is 6. The molecule has 0 radical (unpaired) electrons. The monoisotopic (exact) mass is 389 g/mol. The van der Waals surface area contributed by atoms with E-state index in [0.29, 0.717) is 31.9 Å². The smallest absolute Gasteiger partial charge is 0.367 e. The number of alkyl halides is 3. The van der Waals surface area contributed by atoms with E-state index < -0.39 is 11.9 Å². The molecule has 0 aromatic carbocycles. The van der Waals surface area contributed by atoms with E-state index in [1.54, 1.807) is 23.3 Å². The fraction of sp³-hybridized carbons (Fsp3) is 0.333. The van der Waals surface area contributed by atoms with Crippen molar-refractivity contribution in [2.45, 2.75) is 6.18 Å². The van der Waals surface area contributed by atoms with Crippen molar-refractivity contribution in [3.8, 4) is 11.3 Å². The number of anilines is 2. The van der Waals surface area contributed by atoms with Gasteiger partial charge in [0.25, 0.3) is 0 Å². The van der Waals surface area contributed by atoms with Crippen LogP contribution in [-0.4, -0.2) is 50.9 Å². The van der Waals surface area contributed by atoms with Gasteiger partial charge in [0.15, 0.2) is 0 Å². The van der Waals surface area contributed by atoms with Crippen molar-refractivity contribution in [2.24, 2.45) is 7.05 Å². The molecule has 1 aliphatic rings. The Kier molecular flexibility index (Phi) is 4.62. The van der Waals surface area contributed by atoms with E-state index in [4.69, 9.17) is 0 Å². The number of hydrogen-bond donors (Lipinski definition) is 0. The van der Waals surface area contributed by atoms with Crippen LogP contribution < -0.4 is 9.80 Å². The zero-order valence-electron chi connectivity index (χ0n) is 15.1. The highest BCUT2D eigenvalue weighted by Gasteiger charge is 2.32. The maximum absolute atomic E-state index is 12.7. The van der Waals surface area contributed by atoms with Gasteiger partial charge in [-0.2, -0.15) is 18.3 Å². The lowest BCUT2D eigenvalue weighted by Crippen LogP contribution is -2.47. The first-order valence-corrected chi connectivity index (χ1v) is 8.74. The summed E-state index contributed by atoms with van der Waals surface area (Å²) in [6.07, 6.45) is 3.89. The van der Waals surface area contributed by atoms with Crippen molar-refractivity contribution in [3.63, 3.8) is 0 Å². The maximum Gasteiger partial charge on any atom is 0.433 e. The Labute approximate surface area is 159 Å². The number of nitrogens with zero attached hydrogens (tertiary/aromatic N) is 7. The minimum absolute atomic E-state index is 0.659. The highest BCUT2D eigenvalue weighted by Crippen LogP contribution is 2.29. The topological polar surface area (TPSA) is 63.0 Å². The van der Waals surface area contributed by atoms with Crippen molar-refractivity contribution in [2.75, 3.05) is 36.0 Å². The molecule has 146 valence electrons. The largest absolute Gasteiger partial charge is 0.433 e. The summed E-state index contributed by atoms with van der Waals surface area (Å²) < 4.78 is 39.7. The molecule has 28 heavy (non-hydrogen) atoms. The van der Waals surface area contributed by atoms with E-state index in [1.807, 2.05) is 18.1 Å². The van der Waals surface area contributed by atoms with Crippen LogP contribution in [0.1, 0.15) is 5.69 Å². The molecule has 1 fully saturated rings. The molecule has 7 nitrogen and oxygen atoms in total. The van der Waals surface area contributed by atoms with Gasteiger partial charge in [0.05, 0.1) is 36.2 Å². The Morgan fingerprint density at radius 2 is 1.68 bits per heavy atom. The minimum atomic E-state index is -4.42. The Morgan fingerprint density at radius 1 is 0.929 bits per heavy atom. The molecule has 10 heteroatoms. The lowest BCUT2D eigenvalue weighted by atomic mass is 10.2. The molecule has 3 aromatic heterocycles. The molecule has 0 saturated carbocycles. The van der Waals surface area contributed by atoms with Crippen LogP contribution in [0.25, 0.3) is 11.3 Å². The molecule has 1 aliphatic heterocycles. The Bertz CT molecular complexity index is 944. The van der Waals surface area contributed by atoms with Crippen LogP contribution in [0.3, 0.4) is 0 Å². The standard InChI is InChI=1S/C18H18F3N7/c1-26-12-13(8-24-26)15-10-22-11-17(25-15)28-6-4-27(5-7-28)14-2-3-16(23-9-14)18(19,20)21/h2-3,8-12H,4-7H2,1H3. The first-order valence-electron chi connectivity index (χ1n) is 8.74. The summed E-state index contributed by atoms with van der Waals surface area (Å²) in [6.45, 7) is 2.69. The molecule has 0 bridgehead atoms. The molecule has 0 aliphatic carbocycles. The fourth-order valence-corrected chi connectivity index (χ4v) is 3.14. The number of piperazine rings is 1. The lowest BCUT2D eigenvalue weighted by molar-refractivity contribution is -0.141. The predicted octanol–water partition coefficient (Wildman–Crippen LogP) is 2.62. The van der Waals surface area contributed by atoms with Gasteiger partial charge in [-0.25, -0.2) is 9.97 Å². The van der Waals surface area contributed by atoms with Crippen molar-refractivity contribution in [1.29, 1.82) is 0 Å². The molecule has 0 amide bonds. The van der Waals surface area contributed by atoms with Crippen molar-refractivity contribution < 1.29 is 13.2 Å². The molecule has 4 heterocycles. The molecule has 0 N–H and O–H groups in total. The van der Waals surface area contributed by atoms with Crippen LogP contribution >= 0.6 is 0 Å². The number of aromatic nitrogens is 5. The quantitative estimate of drug-likeness (QED) is 0.686. The summed E-state index contributed by atoms with van der Waals surface area (Å²) in [5, 5.41) is 4.15. The van der Waals surface area contributed by atoms with Gasteiger partial charge in [-0.1, -0.05) is 0 Å². The fourth-order valence-electron chi connectivity index (χ4n) is 3.14. The van der Waals surface area contributed by atoms with Crippen molar-refractivity contribution in [1.82, 2.24) is 24.7 Å². The van der Waals surface area contributed by atoms with Crippen LogP contribution in [0, 0.1) is 0 Å². The molecule has 4 rings (SSSR count). The first kappa shape index (κ1) is 18.2. The average molecular weight is 389 g/mol. The lowest BCUT2D eigenvalue weighted by Gasteiger charge is -2.36. The summed E-state index contributed by atoms with van der Waals surface area (Å²) in [5.41, 5.74) is 1.45. The van der Waals surface area contributed by atoms with E-state index in [0.717, 1.165) is 23.1 Å². The molecular weight excluding hydrogens is 371 g/mol. The average Bonchev–Trinajstić information content (AvgIpc) is 3.14. The summed E-state index contributed by atoms with van der Waals surface area (Å²) in [6, 6.07) is 2.48. The Hall–Kier alpha value is -3.17. The van der Waals surface area contributed by atoms with Gasteiger partial charge in [0.1, 0.15) is 11.5 Å². The minimum Gasteiger partial charge on any atom is -0.367 e. The zero-order valence-corrected chi connectivity index (χ0v) is 15.1. The van der Waals surface area contributed by atoms with Crippen LogP contribution in [0.4, 0.5) is 24.7 Å². The van der Waals surface area contributed by atoms with Gasteiger partial charge in [0, 0.05) is 45.0 Å². The Balaban J connectivity index is 1.43. The summed E-state index contributed by atoms with van der Waals surface area (Å²) in [7, 11) is 1.84. The molecular formula is C18H18F3N7. The number of halogens is 3. The van der Waals surface area contributed by atoms with Crippen LogP contribution in [0.5, 0.6) is 0 Å². The SMILES string of the molecule is Cn1cc(-c2cncc(N3CCN(c4ccc(C(F)(F)F)nc4)CC3)n2)cn1. The third-order valence-electron chi connectivity index (χ3n) is 4.63. The second-order valence-electron chi connectivity index (χ2n) is 6.54. The Morgan fingerprint density at radius 3 is 2.29 bits per heavy atom. The van der Waals surface area contributed by atoms with E-state index >= 15 is 0 Å². The molecule has 3 aromatic rings. The maximum atomic E-state index is 12.7. The first-order chi connectivity index (χ1) is 13.4. The van der Waals surface area contributed by atoms with E-state index in [9.17, 15) is 13.2 Å².